The van der Waals surface area contributed by atoms with Gasteiger partial charge in [-0.25, -0.2) is 12.8 Å². The van der Waals surface area contributed by atoms with Crippen LogP contribution in [0.15, 0.2) is 57.9 Å². The minimum absolute atomic E-state index is 0.0563. The molecule has 0 saturated carbocycles. The van der Waals surface area contributed by atoms with Gasteiger partial charge in [-0.1, -0.05) is 35.0 Å². The van der Waals surface area contributed by atoms with Crippen LogP contribution in [-0.4, -0.2) is 66.9 Å². The third-order valence-corrected chi connectivity index (χ3v) is 7.89. The van der Waals surface area contributed by atoms with Gasteiger partial charge in [-0.3, -0.25) is 9.59 Å². The van der Waals surface area contributed by atoms with Crippen LogP contribution in [-0.2, 0) is 14.8 Å². The molecule has 4 rings (SSSR count). The minimum Gasteiger partial charge on any atom is -0.360 e. The van der Waals surface area contributed by atoms with Gasteiger partial charge in [0.25, 0.3) is 11.8 Å². The molecule has 10 nitrogen and oxygen atoms in total. The smallest absolute Gasteiger partial charge is 0.261 e. The van der Waals surface area contributed by atoms with E-state index in [9.17, 15) is 22.4 Å². The van der Waals surface area contributed by atoms with Crippen molar-refractivity contribution < 1.29 is 26.9 Å². The number of aryl methyl sites for hydroxylation is 1. The van der Waals surface area contributed by atoms with E-state index in [1.54, 1.807) is 24.3 Å². The maximum absolute atomic E-state index is 13.8. The van der Waals surface area contributed by atoms with E-state index in [0.717, 1.165) is 33.5 Å². The second-order valence-electron chi connectivity index (χ2n) is 7.96. The summed E-state index contributed by atoms with van der Waals surface area (Å²) in [4.78, 5) is 27.8. The molecule has 36 heavy (non-hydrogen) atoms. The van der Waals surface area contributed by atoms with Crippen molar-refractivity contribution in [2.24, 2.45) is 5.73 Å². The number of nitrogens with zero attached hydrogens (tertiary/aromatic N) is 3. The van der Waals surface area contributed by atoms with Crippen LogP contribution in [0.25, 0.3) is 11.3 Å². The van der Waals surface area contributed by atoms with Gasteiger partial charge in [-0.15, -0.1) is 0 Å². The summed E-state index contributed by atoms with van der Waals surface area (Å²) in [6, 6.07) is 10.9. The third kappa shape index (κ3) is 4.72. The maximum Gasteiger partial charge on any atom is 0.261 e. The summed E-state index contributed by atoms with van der Waals surface area (Å²) in [5.74, 6) is -1.82. The number of carbonyl (C=O) groups is 2. The average Bonchev–Trinajstić information content (AvgIpc) is 3.47. The standard InChI is InChI=1S/C23H23ClFN5O5S/c1-14-19(20(28-35-14)17-4-2-3-5-18(17)24)23(32)29-12-13-30(22(29)21(31)27-11-10-26)36(33,34)16-8-6-15(25)7-9-16/h2-9,22H,10-13,26H2,1H3,(H,27,31). The third-order valence-electron chi connectivity index (χ3n) is 5.69. The normalized spacial score (nSPS) is 16.3. The highest BCUT2D eigenvalue weighted by Crippen LogP contribution is 2.34. The van der Waals surface area contributed by atoms with Gasteiger partial charge in [0.2, 0.25) is 10.0 Å². The first-order chi connectivity index (χ1) is 17.2. The Morgan fingerprint density at radius 2 is 1.89 bits per heavy atom. The molecule has 1 atom stereocenters. The molecule has 13 heteroatoms. The predicted octanol–water partition coefficient (Wildman–Crippen LogP) is 1.99. The number of benzene rings is 2. The molecule has 1 aromatic heterocycles. The van der Waals surface area contributed by atoms with E-state index >= 15 is 0 Å². The van der Waals surface area contributed by atoms with Gasteiger partial charge in [-0.2, -0.15) is 4.31 Å². The van der Waals surface area contributed by atoms with Crippen LogP contribution in [0.1, 0.15) is 16.1 Å². The topological polar surface area (TPSA) is 139 Å². The van der Waals surface area contributed by atoms with E-state index in [2.05, 4.69) is 10.5 Å². The summed E-state index contributed by atoms with van der Waals surface area (Å²) in [5.41, 5.74) is 6.16. The average molecular weight is 536 g/mol. The number of nitrogens with one attached hydrogen (secondary N) is 1. The van der Waals surface area contributed by atoms with Crippen LogP contribution in [0, 0.1) is 12.7 Å². The number of amides is 2. The van der Waals surface area contributed by atoms with Crippen molar-refractivity contribution in [1.29, 1.82) is 0 Å². The second-order valence-corrected chi connectivity index (χ2v) is 10.3. The lowest BCUT2D eigenvalue weighted by Gasteiger charge is -2.28. The number of halogens is 2. The zero-order chi connectivity index (χ0) is 26.0. The van der Waals surface area contributed by atoms with E-state index in [1.165, 1.54) is 6.92 Å². The molecule has 2 amide bonds. The lowest BCUT2D eigenvalue weighted by atomic mass is 10.0. The molecule has 1 unspecified atom stereocenters. The Bertz CT molecular complexity index is 1400. The Kier molecular flexibility index (Phi) is 7.41. The monoisotopic (exact) mass is 535 g/mol. The molecule has 3 aromatic rings. The van der Waals surface area contributed by atoms with Crippen LogP contribution in [0.5, 0.6) is 0 Å². The number of hydrogen-bond acceptors (Lipinski definition) is 7. The molecule has 1 fully saturated rings. The molecule has 2 heterocycles. The fraction of sp³-hybridized carbons (Fsp3) is 0.261. The number of rotatable bonds is 7. The van der Waals surface area contributed by atoms with E-state index in [0.29, 0.717) is 10.6 Å². The number of carbonyl (C=O) groups excluding carboxylic acids is 2. The molecule has 190 valence electrons. The SMILES string of the molecule is Cc1onc(-c2ccccc2Cl)c1C(=O)N1CCN(S(=O)(=O)c2ccc(F)cc2)C1C(=O)NCCN. The molecule has 1 aliphatic heterocycles. The summed E-state index contributed by atoms with van der Waals surface area (Å²) in [6.07, 6.45) is -1.52. The van der Waals surface area contributed by atoms with Crippen molar-refractivity contribution in [3.63, 3.8) is 0 Å². The van der Waals surface area contributed by atoms with Crippen LogP contribution >= 0.6 is 11.6 Å². The molecular formula is C23H23ClFN5O5S. The molecule has 0 aliphatic carbocycles. The fourth-order valence-electron chi connectivity index (χ4n) is 3.98. The van der Waals surface area contributed by atoms with Gasteiger partial charge >= 0.3 is 0 Å². The first-order valence-electron chi connectivity index (χ1n) is 10.9. The van der Waals surface area contributed by atoms with Crippen molar-refractivity contribution in [2.75, 3.05) is 26.2 Å². The maximum atomic E-state index is 13.8. The number of nitrogens with two attached hydrogens (primary N) is 1. The summed E-state index contributed by atoms with van der Waals surface area (Å²) in [5, 5.41) is 6.88. The summed E-state index contributed by atoms with van der Waals surface area (Å²) in [7, 11) is -4.27. The summed E-state index contributed by atoms with van der Waals surface area (Å²) >= 11 is 6.31. The molecule has 3 N–H and O–H groups in total. The fourth-order valence-corrected chi connectivity index (χ4v) is 5.75. The van der Waals surface area contributed by atoms with Crippen molar-refractivity contribution in [3.8, 4) is 11.3 Å². The van der Waals surface area contributed by atoms with E-state index < -0.39 is 33.8 Å². The van der Waals surface area contributed by atoms with Crippen LogP contribution in [0.3, 0.4) is 0 Å². The first-order valence-corrected chi connectivity index (χ1v) is 12.8. The van der Waals surface area contributed by atoms with Crippen LogP contribution in [0.4, 0.5) is 4.39 Å². The highest BCUT2D eigenvalue weighted by atomic mass is 35.5. The highest BCUT2D eigenvalue weighted by Gasteiger charge is 2.47. The zero-order valence-electron chi connectivity index (χ0n) is 19.1. The van der Waals surface area contributed by atoms with Gasteiger partial charge in [0.15, 0.2) is 6.17 Å². The minimum atomic E-state index is -4.27. The number of hydrogen-bond donors (Lipinski definition) is 2. The molecular weight excluding hydrogens is 513 g/mol. The Balaban J connectivity index is 1.75. The lowest BCUT2D eigenvalue weighted by molar-refractivity contribution is -0.127. The van der Waals surface area contributed by atoms with Gasteiger partial charge in [-0.05, 0) is 37.3 Å². The number of aromatic nitrogens is 1. The van der Waals surface area contributed by atoms with Gasteiger partial charge in [0.05, 0.1) is 9.92 Å². The number of sulfonamides is 1. The zero-order valence-corrected chi connectivity index (χ0v) is 20.7. The molecule has 2 aromatic carbocycles. The Labute approximate surface area is 211 Å². The van der Waals surface area contributed by atoms with Crippen molar-refractivity contribution in [3.05, 3.63) is 70.7 Å². The summed E-state index contributed by atoms with van der Waals surface area (Å²) in [6.45, 7) is 1.45. The largest absolute Gasteiger partial charge is 0.360 e. The van der Waals surface area contributed by atoms with E-state index in [4.69, 9.17) is 21.9 Å². The molecule has 1 saturated heterocycles. The van der Waals surface area contributed by atoms with E-state index in [1.807, 2.05) is 0 Å². The van der Waals surface area contributed by atoms with Gasteiger partial charge in [0.1, 0.15) is 22.8 Å². The van der Waals surface area contributed by atoms with Crippen molar-refractivity contribution in [2.45, 2.75) is 18.0 Å². The highest BCUT2D eigenvalue weighted by molar-refractivity contribution is 7.89. The summed E-state index contributed by atoms with van der Waals surface area (Å²) < 4.78 is 46.4. The van der Waals surface area contributed by atoms with Gasteiger partial charge in [0, 0.05) is 31.7 Å². The quantitative estimate of drug-likeness (QED) is 0.471. The molecule has 0 bridgehead atoms. The molecule has 1 aliphatic rings. The van der Waals surface area contributed by atoms with Crippen LogP contribution < -0.4 is 11.1 Å². The molecule has 0 spiro atoms. The first kappa shape index (κ1) is 25.8. The Hall–Kier alpha value is -3.32. The van der Waals surface area contributed by atoms with Crippen LogP contribution in [0.2, 0.25) is 5.02 Å². The Morgan fingerprint density at radius 1 is 1.19 bits per heavy atom. The Morgan fingerprint density at radius 3 is 2.56 bits per heavy atom. The van der Waals surface area contributed by atoms with E-state index in [-0.39, 0.29) is 48.1 Å². The lowest BCUT2D eigenvalue weighted by Crippen LogP contribution is -2.54. The van der Waals surface area contributed by atoms with Crippen molar-refractivity contribution >= 4 is 33.4 Å². The van der Waals surface area contributed by atoms with Gasteiger partial charge < -0.3 is 20.5 Å². The van der Waals surface area contributed by atoms with Crippen molar-refractivity contribution in [1.82, 2.24) is 19.7 Å². The predicted molar refractivity (Wildman–Crippen MR) is 129 cm³/mol. The molecule has 0 radical (unpaired) electrons. The second kappa shape index (κ2) is 10.3.